The first-order valence-corrected chi connectivity index (χ1v) is 15.6. The molecule has 0 unspecified atom stereocenters. The molecule has 7 nitrogen and oxygen atoms in total. The average Bonchev–Trinajstić information content (AvgIpc) is 3.11. The lowest BCUT2D eigenvalue weighted by atomic mass is 10.1. The summed E-state index contributed by atoms with van der Waals surface area (Å²) in [6, 6.07) is 25.6. The van der Waals surface area contributed by atoms with Gasteiger partial charge in [-0.2, -0.15) is 0 Å². The molecule has 0 aromatic heterocycles. The summed E-state index contributed by atoms with van der Waals surface area (Å²) in [5, 5.41) is 3.70. The lowest BCUT2D eigenvalue weighted by molar-refractivity contribution is 0.0944. The second kappa shape index (κ2) is 12.7. The van der Waals surface area contributed by atoms with E-state index in [1.807, 2.05) is 18.2 Å². The maximum atomic E-state index is 14.7. The van der Waals surface area contributed by atoms with Crippen LogP contribution >= 0.6 is 11.6 Å². The van der Waals surface area contributed by atoms with Gasteiger partial charge in [-0.05, 0) is 54.6 Å². The molecular formula is C33H30ClFN4O3S. The Balaban J connectivity index is 1.17. The Morgan fingerprint density at radius 3 is 2.44 bits per heavy atom. The zero-order chi connectivity index (χ0) is 29.9. The van der Waals surface area contributed by atoms with Gasteiger partial charge >= 0.3 is 0 Å². The Morgan fingerprint density at radius 1 is 0.884 bits per heavy atom. The maximum Gasteiger partial charge on any atom is 0.259 e. The highest BCUT2D eigenvalue weighted by molar-refractivity contribution is 7.85. The van der Waals surface area contributed by atoms with Crippen LogP contribution < -0.4 is 15.1 Å². The maximum absolute atomic E-state index is 14.7. The van der Waals surface area contributed by atoms with Crippen molar-refractivity contribution < 1.29 is 18.2 Å². The van der Waals surface area contributed by atoms with E-state index in [0.717, 1.165) is 36.9 Å². The fourth-order valence-corrected chi connectivity index (χ4v) is 7.02. The van der Waals surface area contributed by atoms with Gasteiger partial charge in [0.25, 0.3) is 11.8 Å². The van der Waals surface area contributed by atoms with E-state index in [1.54, 1.807) is 60.7 Å². The van der Waals surface area contributed by atoms with Crippen LogP contribution in [0.1, 0.15) is 26.3 Å². The van der Waals surface area contributed by atoms with Crippen LogP contribution in [-0.2, 0) is 17.3 Å². The lowest BCUT2D eigenvalue weighted by Gasteiger charge is -2.36. The third-order valence-corrected chi connectivity index (χ3v) is 9.55. The van der Waals surface area contributed by atoms with E-state index in [9.17, 15) is 18.2 Å². The number of fused-ring (bicyclic) bond motifs is 2. The number of piperazine rings is 1. The minimum atomic E-state index is -1.67. The molecule has 0 radical (unpaired) electrons. The van der Waals surface area contributed by atoms with Crippen LogP contribution in [-0.4, -0.2) is 60.2 Å². The number of hydrogen-bond donors (Lipinski definition) is 1. The molecule has 2 heterocycles. The van der Waals surface area contributed by atoms with Crippen molar-refractivity contribution in [2.45, 2.75) is 16.3 Å². The van der Waals surface area contributed by atoms with Crippen LogP contribution in [0.5, 0.6) is 0 Å². The number of nitrogens with zero attached hydrogens (tertiary/aromatic N) is 3. The van der Waals surface area contributed by atoms with Crippen molar-refractivity contribution in [3.8, 4) is 0 Å². The molecule has 0 spiro atoms. The Kier molecular flexibility index (Phi) is 8.56. The van der Waals surface area contributed by atoms with Gasteiger partial charge in [-0.3, -0.25) is 14.5 Å². The first-order valence-electron chi connectivity index (χ1n) is 14.1. The minimum Gasteiger partial charge on any atom is -0.369 e. The molecule has 6 rings (SSSR count). The van der Waals surface area contributed by atoms with E-state index < -0.39 is 22.5 Å². The standard InChI is InChI=1S/C33H30ClFN4O3S/c34-25-7-5-8-26(21-25)38-18-16-37(17-19-38)15-14-36-32(40)23-12-13-31-29(20-23)39(22-24-6-1-3-10-28(24)35)33(41)27-9-2-4-11-30(27)43(31)42/h1-13,20-21H,14-19,22H2,(H,36,40)/t43-/m0/s1. The summed E-state index contributed by atoms with van der Waals surface area (Å²) in [4.78, 5) is 33.8. The summed E-state index contributed by atoms with van der Waals surface area (Å²) in [5.41, 5.74) is 2.37. The highest BCUT2D eigenvalue weighted by Gasteiger charge is 2.32. The predicted octanol–water partition coefficient (Wildman–Crippen LogP) is 5.36. The third kappa shape index (κ3) is 6.20. The normalized spacial score (nSPS) is 16.8. The molecule has 2 aliphatic rings. The van der Waals surface area contributed by atoms with Gasteiger partial charge in [-0.1, -0.05) is 48.0 Å². The number of halogens is 2. The number of carbonyl (C=O) groups excluding carboxylic acids is 2. The Labute approximate surface area is 257 Å². The molecule has 0 saturated carbocycles. The number of rotatable bonds is 7. The zero-order valence-corrected chi connectivity index (χ0v) is 24.9. The molecule has 0 aliphatic carbocycles. The molecule has 2 amide bonds. The number of nitrogens with one attached hydrogen (secondary N) is 1. The van der Waals surface area contributed by atoms with E-state index in [1.165, 1.54) is 11.0 Å². The lowest BCUT2D eigenvalue weighted by Crippen LogP contribution is -2.48. The Morgan fingerprint density at radius 2 is 1.65 bits per heavy atom. The zero-order valence-electron chi connectivity index (χ0n) is 23.3. The SMILES string of the molecule is O=C(NCCN1CCN(c2cccc(Cl)c2)CC1)c1ccc2c(c1)N(Cc1ccccc1F)C(=O)c1ccccc1[S@@]2=O. The van der Waals surface area contributed by atoms with Crippen molar-refractivity contribution in [1.82, 2.24) is 10.2 Å². The average molecular weight is 617 g/mol. The number of benzene rings is 4. The monoisotopic (exact) mass is 616 g/mol. The summed E-state index contributed by atoms with van der Waals surface area (Å²) in [6.07, 6.45) is 0. The quantitative estimate of drug-likeness (QED) is 0.303. The summed E-state index contributed by atoms with van der Waals surface area (Å²) in [7, 11) is -1.67. The van der Waals surface area contributed by atoms with Crippen molar-refractivity contribution in [2.24, 2.45) is 0 Å². The van der Waals surface area contributed by atoms with E-state index in [-0.39, 0.29) is 18.0 Å². The number of anilines is 2. The molecule has 220 valence electrons. The molecule has 1 N–H and O–H groups in total. The van der Waals surface area contributed by atoms with Gasteiger partial charge in [0.2, 0.25) is 0 Å². The Bertz CT molecular complexity index is 1710. The van der Waals surface area contributed by atoms with E-state index in [0.29, 0.717) is 39.7 Å². The van der Waals surface area contributed by atoms with Crippen molar-refractivity contribution in [3.05, 3.63) is 119 Å². The van der Waals surface area contributed by atoms with Gasteiger partial charge < -0.3 is 15.1 Å². The molecule has 1 atom stereocenters. The van der Waals surface area contributed by atoms with Gasteiger partial charge in [-0.15, -0.1) is 0 Å². The summed E-state index contributed by atoms with van der Waals surface area (Å²) in [6.45, 7) is 4.52. The van der Waals surface area contributed by atoms with Gasteiger partial charge in [0, 0.05) is 61.1 Å². The van der Waals surface area contributed by atoms with Crippen LogP contribution in [0.25, 0.3) is 0 Å². The van der Waals surface area contributed by atoms with Crippen LogP contribution in [0.4, 0.5) is 15.8 Å². The molecular weight excluding hydrogens is 587 g/mol. The highest BCUT2D eigenvalue weighted by atomic mass is 35.5. The van der Waals surface area contributed by atoms with Crippen LogP contribution in [0.3, 0.4) is 0 Å². The topological polar surface area (TPSA) is 73.0 Å². The number of hydrogen-bond acceptors (Lipinski definition) is 5. The van der Waals surface area contributed by atoms with Gasteiger partial charge in [0.15, 0.2) is 0 Å². The second-order valence-electron chi connectivity index (χ2n) is 10.5. The fourth-order valence-electron chi connectivity index (χ4n) is 5.49. The fraction of sp³-hybridized carbons (Fsp3) is 0.212. The van der Waals surface area contributed by atoms with Crippen LogP contribution in [0, 0.1) is 5.82 Å². The molecule has 1 saturated heterocycles. The van der Waals surface area contributed by atoms with E-state index in [2.05, 4.69) is 21.2 Å². The van der Waals surface area contributed by atoms with Crippen LogP contribution in [0.15, 0.2) is 101 Å². The van der Waals surface area contributed by atoms with Crippen molar-refractivity contribution >= 4 is 45.6 Å². The third-order valence-electron chi connectivity index (χ3n) is 7.82. The smallest absolute Gasteiger partial charge is 0.259 e. The van der Waals surface area contributed by atoms with E-state index in [4.69, 9.17) is 11.6 Å². The predicted molar refractivity (Wildman–Crippen MR) is 167 cm³/mol. The van der Waals surface area contributed by atoms with Crippen LogP contribution in [0.2, 0.25) is 5.02 Å². The number of amides is 2. The van der Waals surface area contributed by atoms with Gasteiger partial charge in [0.1, 0.15) is 5.82 Å². The summed E-state index contributed by atoms with van der Waals surface area (Å²) in [5.74, 6) is -1.15. The second-order valence-corrected chi connectivity index (χ2v) is 12.3. The summed E-state index contributed by atoms with van der Waals surface area (Å²) >= 11 is 6.15. The van der Waals surface area contributed by atoms with Gasteiger partial charge in [0.05, 0.1) is 38.4 Å². The Hall–Kier alpha value is -4.05. The van der Waals surface area contributed by atoms with Crippen molar-refractivity contribution in [1.29, 1.82) is 0 Å². The first kappa shape index (κ1) is 29.0. The molecule has 1 fully saturated rings. The van der Waals surface area contributed by atoms with Gasteiger partial charge in [-0.25, -0.2) is 8.60 Å². The molecule has 2 aliphatic heterocycles. The highest BCUT2D eigenvalue weighted by Crippen LogP contribution is 2.36. The summed E-state index contributed by atoms with van der Waals surface area (Å²) < 4.78 is 28.3. The molecule has 10 heteroatoms. The largest absolute Gasteiger partial charge is 0.369 e. The molecule has 0 bridgehead atoms. The number of carbonyl (C=O) groups is 2. The van der Waals surface area contributed by atoms with Crippen molar-refractivity contribution in [2.75, 3.05) is 49.1 Å². The van der Waals surface area contributed by atoms with Crippen molar-refractivity contribution in [3.63, 3.8) is 0 Å². The first-order chi connectivity index (χ1) is 20.9. The molecule has 43 heavy (non-hydrogen) atoms. The molecule has 4 aromatic rings. The molecule has 4 aromatic carbocycles. The minimum absolute atomic E-state index is 0.0731. The van der Waals surface area contributed by atoms with E-state index >= 15 is 0 Å².